The van der Waals surface area contributed by atoms with Crippen LogP contribution in [0.4, 0.5) is 9.18 Å². The van der Waals surface area contributed by atoms with Crippen LogP contribution in [0, 0.1) is 19.7 Å². The second kappa shape index (κ2) is 7.50. The van der Waals surface area contributed by atoms with Gasteiger partial charge in [-0.15, -0.1) is 0 Å². The number of amides is 1. The van der Waals surface area contributed by atoms with E-state index in [1.165, 1.54) is 0 Å². The van der Waals surface area contributed by atoms with Crippen LogP contribution in [0.15, 0.2) is 16.6 Å². The number of fused-ring (bicyclic) bond motifs is 1. The van der Waals surface area contributed by atoms with E-state index in [1.54, 1.807) is 18.7 Å². The summed E-state index contributed by atoms with van der Waals surface area (Å²) in [5.74, 6) is -0.190. The summed E-state index contributed by atoms with van der Waals surface area (Å²) in [5, 5.41) is 4.78. The van der Waals surface area contributed by atoms with E-state index < -0.39 is 5.60 Å². The Balaban J connectivity index is 2.01. The SMILES string of the molecule is Cc1cc(-c2nn3c(c2Br)C(C)N(C(=O)OC(C)(C)C)CCC3)cc(C)c1F. The van der Waals surface area contributed by atoms with Crippen molar-refractivity contribution in [1.82, 2.24) is 14.7 Å². The van der Waals surface area contributed by atoms with Crippen molar-refractivity contribution < 1.29 is 13.9 Å². The molecule has 0 N–H and O–H groups in total. The van der Waals surface area contributed by atoms with Gasteiger partial charge in [0.2, 0.25) is 0 Å². The molecule has 1 aliphatic heterocycles. The van der Waals surface area contributed by atoms with Gasteiger partial charge in [-0.1, -0.05) is 0 Å². The number of carbonyl (C=O) groups is 1. The molecule has 1 amide bonds. The Morgan fingerprint density at radius 3 is 2.43 bits per heavy atom. The molecule has 1 aromatic carbocycles. The summed E-state index contributed by atoms with van der Waals surface area (Å²) >= 11 is 3.70. The predicted octanol–water partition coefficient (Wildman–Crippen LogP) is 5.77. The summed E-state index contributed by atoms with van der Waals surface area (Å²) in [6, 6.07) is 3.42. The Kier molecular flexibility index (Phi) is 5.58. The number of aromatic nitrogens is 2. The topological polar surface area (TPSA) is 47.4 Å². The smallest absolute Gasteiger partial charge is 0.410 e. The highest BCUT2D eigenvalue weighted by Gasteiger charge is 2.33. The number of benzene rings is 1. The first-order chi connectivity index (χ1) is 13.0. The van der Waals surface area contributed by atoms with Crippen molar-refractivity contribution in [2.24, 2.45) is 0 Å². The fourth-order valence-corrected chi connectivity index (χ4v) is 4.44. The van der Waals surface area contributed by atoms with Gasteiger partial charge in [-0.05, 0) is 87.2 Å². The third-order valence-corrected chi connectivity index (χ3v) is 5.68. The molecule has 3 rings (SSSR count). The van der Waals surface area contributed by atoms with Gasteiger partial charge in [0.1, 0.15) is 17.1 Å². The van der Waals surface area contributed by atoms with Crippen LogP contribution >= 0.6 is 15.9 Å². The van der Waals surface area contributed by atoms with Crippen molar-refractivity contribution in [3.05, 3.63) is 39.2 Å². The molecule has 0 bridgehead atoms. The van der Waals surface area contributed by atoms with Crippen molar-refractivity contribution in [1.29, 1.82) is 0 Å². The largest absolute Gasteiger partial charge is 0.444 e. The normalized spacial score (nSPS) is 17.3. The molecule has 0 saturated carbocycles. The van der Waals surface area contributed by atoms with E-state index in [4.69, 9.17) is 9.84 Å². The summed E-state index contributed by atoms with van der Waals surface area (Å²) in [6.07, 6.45) is 0.461. The lowest BCUT2D eigenvalue weighted by Crippen LogP contribution is -2.38. The molecule has 1 aromatic heterocycles. The summed E-state index contributed by atoms with van der Waals surface area (Å²) in [5.41, 5.74) is 3.19. The average molecular weight is 452 g/mol. The van der Waals surface area contributed by atoms with E-state index in [2.05, 4.69) is 15.9 Å². The van der Waals surface area contributed by atoms with E-state index in [-0.39, 0.29) is 18.0 Å². The number of nitrogens with zero attached hydrogens (tertiary/aromatic N) is 3. The molecule has 2 heterocycles. The minimum atomic E-state index is -0.547. The monoisotopic (exact) mass is 451 g/mol. The van der Waals surface area contributed by atoms with E-state index in [0.717, 1.165) is 27.8 Å². The van der Waals surface area contributed by atoms with Gasteiger partial charge in [0, 0.05) is 18.7 Å². The van der Waals surface area contributed by atoms with E-state index in [9.17, 15) is 9.18 Å². The highest BCUT2D eigenvalue weighted by molar-refractivity contribution is 9.10. The summed E-state index contributed by atoms with van der Waals surface area (Å²) in [4.78, 5) is 14.5. The van der Waals surface area contributed by atoms with E-state index >= 15 is 0 Å². The highest BCUT2D eigenvalue weighted by Crippen LogP contribution is 2.38. The first-order valence-electron chi connectivity index (χ1n) is 9.52. The van der Waals surface area contributed by atoms with Crippen LogP contribution in [0.3, 0.4) is 0 Å². The maximum atomic E-state index is 14.0. The highest BCUT2D eigenvalue weighted by atomic mass is 79.9. The number of rotatable bonds is 1. The van der Waals surface area contributed by atoms with Crippen LogP contribution in [-0.4, -0.2) is 32.9 Å². The molecule has 1 unspecified atom stereocenters. The van der Waals surface area contributed by atoms with Crippen molar-refractivity contribution in [2.75, 3.05) is 6.54 Å². The Labute approximate surface area is 174 Å². The van der Waals surface area contributed by atoms with E-state index in [0.29, 0.717) is 24.2 Å². The zero-order valence-corrected chi connectivity index (χ0v) is 18.9. The molecule has 7 heteroatoms. The van der Waals surface area contributed by atoms with E-state index in [1.807, 2.05) is 44.5 Å². The Hall–Kier alpha value is -1.89. The number of hydrogen-bond acceptors (Lipinski definition) is 3. The van der Waals surface area contributed by atoms with Crippen molar-refractivity contribution in [3.8, 4) is 11.3 Å². The lowest BCUT2D eigenvalue weighted by molar-refractivity contribution is 0.0177. The Morgan fingerprint density at radius 2 is 1.86 bits per heavy atom. The molecular weight excluding hydrogens is 425 g/mol. The molecule has 0 radical (unpaired) electrons. The molecule has 2 aromatic rings. The minimum absolute atomic E-state index is 0.190. The molecule has 28 heavy (non-hydrogen) atoms. The van der Waals surface area contributed by atoms with Gasteiger partial charge in [-0.25, -0.2) is 9.18 Å². The van der Waals surface area contributed by atoms with Crippen molar-refractivity contribution >= 4 is 22.0 Å². The Morgan fingerprint density at radius 1 is 1.25 bits per heavy atom. The summed E-state index contributed by atoms with van der Waals surface area (Å²) in [6.45, 7) is 12.4. The molecule has 152 valence electrons. The second-order valence-corrected chi connectivity index (χ2v) is 9.19. The zero-order chi connectivity index (χ0) is 20.8. The van der Waals surface area contributed by atoms with Crippen LogP contribution in [0.1, 0.15) is 57.0 Å². The molecule has 1 atom stereocenters. The maximum absolute atomic E-state index is 14.0. The van der Waals surface area contributed by atoms with Gasteiger partial charge < -0.3 is 4.74 Å². The lowest BCUT2D eigenvalue weighted by Gasteiger charge is -2.30. The summed E-state index contributed by atoms with van der Waals surface area (Å²) in [7, 11) is 0. The van der Waals surface area contributed by atoms with Gasteiger partial charge >= 0.3 is 6.09 Å². The number of halogens is 2. The minimum Gasteiger partial charge on any atom is -0.444 e. The quantitative estimate of drug-likeness (QED) is 0.552. The third kappa shape index (κ3) is 3.95. The molecule has 0 spiro atoms. The number of hydrogen-bond donors (Lipinski definition) is 0. The predicted molar refractivity (Wildman–Crippen MR) is 111 cm³/mol. The number of carbonyl (C=O) groups excluding carboxylic acids is 1. The first kappa shape index (κ1) is 20.8. The van der Waals surface area contributed by atoms with Gasteiger partial charge in [0.15, 0.2) is 0 Å². The standard InChI is InChI=1S/C21H27BrFN3O2/c1-12-10-15(11-13(2)17(12)23)18-16(22)19-14(3)25(8-7-9-26(19)24-18)20(27)28-21(4,5)6/h10-11,14H,7-9H2,1-6H3. The molecule has 0 aliphatic carbocycles. The van der Waals surface area contributed by atoms with Gasteiger partial charge in [-0.2, -0.15) is 5.10 Å². The van der Waals surface area contributed by atoms with Crippen LogP contribution in [0.2, 0.25) is 0 Å². The van der Waals surface area contributed by atoms with Crippen molar-refractivity contribution in [3.63, 3.8) is 0 Å². The summed E-state index contributed by atoms with van der Waals surface area (Å²) < 4.78 is 22.4. The van der Waals surface area contributed by atoms with Gasteiger partial charge in [0.05, 0.1) is 16.2 Å². The van der Waals surface area contributed by atoms with Crippen molar-refractivity contribution in [2.45, 2.75) is 66.2 Å². The molecular formula is C21H27BrFN3O2. The fourth-order valence-electron chi connectivity index (χ4n) is 3.59. The van der Waals surface area contributed by atoms with Crippen LogP contribution in [0.25, 0.3) is 11.3 Å². The number of ether oxygens (including phenoxy) is 1. The number of aryl methyl sites for hydroxylation is 3. The second-order valence-electron chi connectivity index (χ2n) is 8.40. The van der Waals surface area contributed by atoms with Gasteiger partial charge in [-0.3, -0.25) is 9.58 Å². The average Bonchev–Trinajstić information content (AvgIpc) is 2.80. The Bertz CT molecular complexity index is 894. The van der Waals surface area contributed by atoms with Crippen LogP contribution in [0.5, 0.6) is 0 Å². The lowest BCUT2D eigenvalue weighted by atomic mass is 10.0. The molecule has 0 saturated heterocycles. The first-order valence-corrected chi connectivity index (χ1v) is 10.3. The van der Waals surface area contributed by atoms with Crippen LogP contribution < -0.4 is 0 Å². The van der Waals surface area contributed by atoms with Gasteiger partial charge in [0.25, 0.3) is 0 Å². The fraction of sp³-hybridized carbons (Fsp3) is 0.524. The van der Waals surface area contributed by atoms with Crippen LogP contribution in [-0.2, 0) is 11.3 Å². The molecule has 1 aliphatic rings. The zero-order valence-electron chi connectivity index (χ0n) is 17.3. The molecule has 0 fully saturated rings. The maximum Gasteiger partial charge on any atom is 0.410 e. The molecule has 5 nitrogen and oxygen atoms in total. The third-order valence-electron chi connectivity index (χ3n) is 4.90.